The van der Waals surface area contributed by atoms with Gasteiger partial charge >= 0.3 is 0 Å². The molecule has 3 heterocycles. The molecule has 1 aliphatic carbocycles. The highest BCUT2D eigenvalue weighted by molar-refractivity contribution is 7.92. The van der Waals surface area contributed by atoms with Gasteiger partial charge in [-0.3, -0.25) is 19.4 Å². The molecule has 0 bridgehead atoms. The van der Waals surface area contributed by atoms with Crippen molar-refractivity contribution in [1.29, 1.82) is 0 Å². The van der Waals surface area contributed by atoms with Crippen molar-refractivity contribution in [2.24, 2.45) is 0 Å². The lowest BCUT2D eigenvalue weighted by atomic mass is 9.89. The molecular weight excluding hydrogens is 507 g/mol. The van der Waals surface area contributed by atoms with Gasteiger partial charge in [0.1, 0.15) is 12.4 Å². The minimum Gasteiger partial charge on any atom is -0.363 e. The molecule has 1 N–H and O–H groups in total. The first-order chi connectivity index (χ1) is 18.2. The molecule has 1 amide bonds. The number of anilines is 1. The minimum absolute atomic E-state index is 0.110. The smallest absolute Gasteiger partial charge is 0.248 e. The van der Waals surface area contributed by atoms with Crippen molar-refractivity contribution >= 4 is 32.5 Å². The summed E-state index contributed by atoms with van der Waals surface area (Å²) in [4.78, 5) is 20.9. The van der Waals surface area contributed by atoms with Crippen LogP contribution >= 0.6 is 0 Å². The molecule has 0 atom stereocenters. The summed E-state index contributed by atoms with van der Waals surface area (Å²) < 4.78 is 46.6. The van der Waals surface area contributed by atoms with Crippen LogP contribution in [0.25, 0.3) is 22.0 Å². The van der Waals surface area contributed by atoms with Crippen LogP contribution in [0.1, 0.15) is 31.2 Å². The van der Waals surface area contributed by atoms with Gasteiger partial charge in [-0.1, -0.05) is 24.3 Å². The van der Waals surface area contributed by atoms with E-state index in [2.05, 4.69) is 14.6 Å². The Labute approximate surface area is 221 Å². The maximum absolute atomic E-state index is 15.2. The third-order valence-corrected chi connectivity index (χ3v) is 8.41. The van der Waals surface area contributed by atoms with Crippen LogP contribution < -0.4 is 4.72 Å². The number of piperidine rings is 1. The summed E-state index contributed by atoms with van der Waals surface area (Å²) in [5.41, 5.74) is 3.08. The molecule has 38 heavy (non-hydrogen) atoms. The Morgan fingerprint density at radius 1 is 1.11 bits per heavy atom. The number of morpholine rings is 1. The van der Waals surface area contributed by atoms with Crippen molar-refractivity contribution in [1.82, 2.24) is 14.8 Å². The monoisotopic (exact) mass is 538 g/mol. The highest BCUT2D eigenvalue weighted by Crippen LogP contribution is 2.36. The summed E-state index contributed by atoms with van der Waals surface area (Å²) in [5, 5.41) is 0.786. The number of fused-ring (bicyclic) bond motifs is 1. The summed E-state index contributed by atoms with van der Waals surface area (Å²) >= 11 is 0. The summed E-state index contributed by atoms with van der Waals surface area (Å²) in [6.07, 6.45) is 6.45. The standard InChI is InChI=1S/C28H31FN4O4S/c1-38(35,36)31-23-12-21-4-2-20(14-26(21)30-15-23)19-3-5-22(25(29)13-19)16-32-10-8-28(9-11-32)18-33(24-6-7-24)27(34)17-37-28/h2-5,12-15,24,31H,6-11,16-18H2,1H3. The van der Waals surface area contributed by atoms with Crippen molar-refractivity contribution in [2.45, 2.75) is 43.9 Å². The SMILES string of the molecule is CS(=O)(=O)Nc1cnc2cc(-c3ccc(CN4CCC5(CC4)CN(C4CC4)C(=O)CO5)c(F)c3)ccc2c1. The first-order valence-corrected chi connectivity index (χ1v) is 14.9. The van der Waals surface area contributed by atoms with Crippen molar-refractivity contribution in [3.63, 3.8) is 0 Å². The van der Waals surface area contributed by atoms with E-state index < -0.39 is 10.0 Å². The Balaban J connectivity index is 1.11. The van der Waals surface area contributed by atoms with Gasteiger partial charge < -0.3 is 9.64 Å². The second kappa shape index (κ2) is 9.59. The second-order valence-corrected chi connectivity index (χ2v) is 12.6. The number of nitrogens with one attached hydrogen (secondary N) is 1. The zero-order chi connectivity index (χ0) is 26.5. The van der Waals surface area contributed by atoms with Crippen molar-refractivity contribution < 1.29 is 22.3 Å². The lowest BCUT2D eigenvalue weighted by molar-refractivity contribution is -0.172. The minimum atomic E-state index is -3.38. The number of hydrogen-bond acceptors (Lipinski definition) is 6. The number of carbonyl (C=O) groups excluding carboxylic acids is 1. The lowest BCUT2D eigenvalue weighted by Gasteiger charge is -2.47. The Bertz CT molecular complexity index is 1500. The van der Waals surface area contributed by atoms with E-state index in [-0.39, 0.29) is 23.9 Å². The molecule has 2 saturated heterocycles. The van der Waals surface area contributed by atoms with Gasteiger partial charge in [-0.2, -0.15) is 0 Å². The highest BCUT2D eigenvalue weighted by atomic mass is 32.2. The summed E-state index contributed by atoms with van der Waals surface area (Å²) in [5.74, 6) is -0.137. The zero-order valence-electron chi connectivity index (χ0n) is 21.3. The second-order valence-electron chi connectivity index (χ2n) is 10.8. The number of benzene rings is 2. The summed E-state index contributed by atoms with van der Waals surface area (Å²) in [6, 6.07) is 13.1. The van der Waals surface area contributed by atoms with E-state index in [1.807, 2.05) is 35.2 Å². The third-order valence-electron chi connectivity index (χ3n) is 7.80. The van der Waals surface area contributed by atoms with Gasteiger partial charge in [-0.15, -0.1) is 0 Å². The van der Waals surface area contributed by atoms with Gasteiger partial charge in [-0.05, 0) is 55.0 Å². The van der Waals surface area contributed by atoms with Crippen LogP contribution in [-0.4, -0.2) is 73.2 Å². The van der Waals surface area contributed by atoms with Crippen molar-refractivity contribution in [2.75, 3.05) is 37.2 Å². The highest BCUT2D eigenvalue weighted by Gasteiger charge is 2.46. The molecule has 1 aromatic heterocycles. The molecule has 10 heteroatoms. The first-order valence-electron chi connectivity index (χ1n) is 13.0. The average molecular weight is 539 g/mol. The van der Waals surface area contributed by atoms with E-state index in [1.54, 1.807) is 12.1 Å². The molecule has 3 aromatic rings. The Morgan fingerprint density at radius 3 is 2.55 bits per heavy atom. The quantitative estimate of drug-likeness (QED) is 0.514. The predicted molar refractivity (Wildman–Crippen MR) is 144 cm³/mol. The topological polar surface area (TPSA) is 91.8 Å². The molecule has 0 radical (unpaired) electrons. The first kappa shape index (κ1) is 25.2. The summed E-state index contributed by atoms with van der Waals surface area (Å²) in [7, 11) is -3.38. The van der Waals surface area contributed by atoms with Crippen LogP contribution in [0.4, 0.5) is 10.1 Å². The number of nitrogens with zero attached hydrogens (tertiary/aromatic N) is 3. The van der Waals surface area contributed by atoms with Gasteiger partial charge in [0.15, 0.2) is 0 Å². The van der Waals surface area contributed by atoms with Crippen LogP contribution in [0.2, 0.25) is 0 Å². The van der Waals surface area contributed by atoms with Gasteiger partial charge in [-0.25, -0.2) is 12.8 Å². The lowest BCUT2D eigenvalue weighted by Crippen LogP contribution is -2.59. The van der Waals surface area contributed by atoms with Crippen molar-refractivity contribution in [3.8, 4) is 11.1 Å². The molecule has 2 aliphatic heterocycles. The number of hydrogen-bond donors (Lipinski definition) is 1. The van der Waals surface area contributed by atoms with Crippen molar-refractivity contribution in [3.05, 3.63) is 60.0 Å². The van der Waals surface area contributed by atoms with Gasteiger partial charge in [0.05, 0.1) is 35.8 Å². The molecule has 2 aromatic carbocycles. The normalized spacial score (nSPS) is 20.3. The molecule has 1 spiro atoms. The van der Waals surface area contributed by atoms with Gasteiger partial charge in [0.25, 0.3) is 0 Å². The number of rotatable bonds is 6. The van der Waals surface area contributed by atoms with Crippen LogP contribution in [0, 0.1) is 5.82 Å². The van der Waals surface area contributed by atoms with E-state index in [1.165, 1.54) is 6.20 Å². The van der Waals surface area contributed by atoms with E-state index in [0.29, 0.717) is 35.9 Å². The molecule has 6 rings (SSSR count). The molecule has 200 valence electrons. The van der Waals surface area contributed by atoms with Crippen LogP contribution in [0.5, 0.6) is 0 Å². The Kier molecular flexibility index (Phi) is 6.36. The van der Waals surface area contributed by atoms with Crippen LogP contribution in [-0.2, 0) is 26.1 Å². The number of ether oxygens (including phenoxy) is 1. The van der Waals surface area contributed by atoms with Crippen LogP contribution in [0.3, 0.4) is 0 Å². The average Bonchev–Trinajstić information content (AvgIpc) is 3.72. The maximum atomic E-state index is 15.2. The Hall–Kier alpha value is -3.08. The zero-order valence-corrected chi connectivity index (χ0v) is 22.1. The number of aromatic nitrogens is 1. The number of halogens is 1. The van der Waals surface area contributed by atoms with E-state index in [0.717, 1.165) is 61.5 Å². The number of sulfonamides is 1. The number of pyridine rings is 1. The van der Waals surface area contributed by atoms with Gasteiger partial charge in [0, 0.05) is 36.6 Å². The predicted octanol–water partition coefficient (Wildman–Crippen LogP) is 3.77. The van der Waals surface area contributed by atoms with Crippen LogP contribution in [0.15, 0.2) is 48.7 Å². The molecule has 0 unspecified atom stereocenters. The fourth-order valence-corrected chi connectivity index (χ4v) is 6.09. The fraction of sp³-hybridized carbons (Fsp3) is 0.429. The molecule has 1 saturated carbocycles. The van der Waals surface area contributed by atoms with E-state index in [9.17, 15) is 13.2 Å². The Morgan fingerprint density at radius 2 is 1.84 bits per heavy atom. The summed E-state index contributed by atoms with van der Waals surface area (Å²) in [6.45, 7) is 3.00. The number of carbonyl (C=O) groups is 1. The number of likely N-dealkylation sites (tertiary alicyclic amines) is 1. The van der Waals surface area contributed by atoms with Gasteiger partial charge in [0.2, 0.25) is 15.9 Å². The third kappa shape index (κ3) is 5.39. The van der Waals surface area contributed by atoms with E-state index >= 15 is 4.39 Å². The fourth-order valence-electron chi connectivity index (χ4n) is 5.55. The molecule has 3 fully saturated rings. The largest absolute Gasteiger partial charge is 0.363 e. The molecule has 3 aliphatic rings. The van der Waals surface area contributed by atoms with E-state index in [4.69, 9.17) is 4.74 Å². The molecular formula is C28H31FN4O4S. The molecule has 8 nitrogen and oxygen atoms in total. The number of amides is 1. The maximum Gasteiger partial charge on any atom is 0.248 e.